The highest BCUT2D eigenvalue weighted by atomic mass is 35.5. The van der Waals surface area contributed by atoms with Crippen LogP contribution in [0.4, 0.5) is 11.4 Å². The van der Waals surface area contributed by atoms with Crippen LogP contribution in [-0.4, -0.2) is 84.3 Å². The van der Waals surface area contributed by atoms with Crippen molar-refractivity contribution in [1.82, 2.24) is 0 Å². The number of nitrogens with zero attached hydrogens (tertiary/aromatic N) is 2. The number of halogens is 1. The molecule has 4 aromatic carbocycles. The van der Waals surface area contributed by atoms with Gasteiger partial charge in [-0.1, -0.05) is 59.8 Å². The van der Waals surface area contributed by atoms with E-state index >= 15 is 0 Å². The van der Waals surface area contributed by atoms with Gasteiger partial charge in [0.25, 0.3) is 30.4 Å². The number of hydrogen-bond acceptors (Lipinski definition) is 15. The molecule has 0 amide bonds. The largest absolute Gasteiger partial charge is 0.344 e. The van der Waals surface area contributed by atoms with Crippen LogP contribution in [0.1, 0.15) is 89.3 Å². The SMILES string of the molecule is Cc1cc(SOOO)c2c3c(ccc2c1)N(CCCCS(=O)(=O)O)/C(=C/C=C1CCCC(C=CC2=[N+](CCCCS(=O)(=O)O)c4ccc5cc(SOOO)cc(S(=O)(=O)O)c5c4C2(C)C)=C1Cl)C3(C)C. The summed E-state index contributed by atoms with van der Waals surface area (Å²) in [4.78, 5) is 2.70. The van der Waals surface area contributed by atoms with Gasteiger partial charge in [0.1, 0.15) is 11.4 Å². The molecule has 0 fully saturated rings. The molecule has 378 valence electrons. The molecule has 3 aliphatic rings. The molecular formula is C47H54ClN2O15S5+. The second-order valence-electron chi connectivity index (χ2n) is 18.4. The summed E-state index contributed by atoms with van der Waals surface area (Å²) in [5.41, 5.74) is 5.90. The van der Waals surface area contributed by atoms with E-state index in [1.807, 2.05) is 73.9 Å². The summed E-state index contributed by atoms with van der Waals surface area (Å²) in [6.07, 6.45) is 11.1. The van der Waals surface area contributed by atoms with Crippen molar-refractivity contribution >= 4 is 105 Å². The van der Waals surface area contributed by atoms with Crippen LogP contribution >= 0.6 is 35.7 Å². The van der Waals surface area contributed by atoms with Crippen molar-refractivity contribution in [2.45, 2.75) is 105 Å². The topological polar surface area (TPSA) is 247 Å². The molecule has 0 unspecified atom stereocenters. The number of benzene rings is 4. The van der Waals surface area contributed by atoms with Gasteiger partial charge < -0.3 is 4.90 Å². The van der Waals surface area contributed by atoms with E-state index in [-0.39, 0.29) is 28.9 Å². The molecule has 0 saturated carbocycles. The highest BCUT2D eigenvalue weighted by molar-refractivity contribution is 7.95. The Balaban J connectivity index is 1.31. The predicted molar refractivity (Wildman–Crippen MR) is 270 cm³/mol. The number of aryl methyl sites for hydroxylation is 1. The molecule has 5 N–H and O–H groups in total. The zero-order chi connectivity index (χ0) is 51.0. The van der Waals surface area contributed by atoms with Crippen LogP contribution in [0.5, 0.6) is 0 Å². The first-order valence-electron chi connectivity index (χ1n) is 22.1. The monoisotopic (exact) mass is 1080 g/mol. The average Bonchev–Trinajstić information content (AvgIpc) is 3.63. The normalized spacial score (nSPS) is 18.4. The summed E-state index contributed by atoms with van der Waals surface area (Å²) in [5.74, 6) is -0.816. The lowest BCUT2D eigenvalue weighted by Gasteiger charge is -2.27. The maximum Gasteiger partial charge on any atom is 0.295 e. The van der Waals surface area contributed by atoms with Crippen molar-refractivity contribution in [1.29, 1.82) is 0 Å². The molecular weight excluding hydrogens is 1030 g/mol. The molecule has 0 atom stereocenters. The molecule has 4 aromatic rings. The van der Waals surface area contributed by atoms with Gasteiger partial charge >= 0.3 is 0 Å². The van der Waals surface area contributed by atoms with Crippen LogP contribution in [0, 0.1) is 6.92 Å². The van der Waals surface area contributed by atoms with Crippen LogP contribution in [0.2, 0.25) is 0 Å². The molecule has 0 spiro atoms. The smallest absolute Gasteiger partial charge is 0.295 e. The lowest BCUT2D eigenvalue weighted by molar-refractivity contribution is -0.438. The Bertz CT molecular complexity index is 3240. The molecule has 17 nitrogen and oxygen atoms in total. The highest BCUT2D eigenvalue weighted by Gasteiger charge is 2.47. The Kier molecular flexibility index (Phi) is 16.5. The number of anilines is 1. The zero-order valence-electron chi connectivity index (χ0n) is 38.8. The Morgan fingerprint density at radius 3 is 2.09 bits per heavy atom. The van der Waals surface area contributed by atoms with Gasteiger partial charge in [0, 0.05) is 73.1 Å². The van der Waals surface area contributed by atoms with Crippen molar-refractivity contribution in [2.24, 2.45) is 0 Å². The van der Waals surface area contributed by atoms with Crippen molar-refractivity contribution < 1.29 is 72.7 Å². The van der Waals surface area contributed by atoms with Gasteiger partial charge in [-0.25, -0.2) is 10.5 Å². The first-order valence-corrected chi connectivity index (χ1v) is 28.7. The standard InChI is InChI=1S/C47H53ClN2O15S5/c1-29-25-32-13-17-35-43(41(32)37(26-29)67-65-63-52)46(2,3)39(49(35)21-6-8-23-68(53,54)55)19-15-30-11-10-12-31(45(30)48)16-20-40-47(4,5)44-36(50(40)22-7-9-24-69(56,57)58)18-14-33-27-34(66-64-62-51)28-38(42(33)44)70(59,60)61/h13-20,25-28H,6-12,21-24H2,1-5H3,(H4-,51,52,53,54,55,56,57,58,59,60,61)/p+1. The predicted octanol–water partition coefficient (Wildman–Crippen LogP) is 11.0. The van der Waals surface area contributed by atoms with Crippen LogP contribution in [-0.2, 0) is 59.9 Å². The number of rotatable bonds is 20. The number of hydrogen-bond donors (Lipinski definition) is 5. The number of allylic oxidation sites excluding steroid dienone is 8. The second-order valence-corrected chi connectivity index (χ2v) is 24.9. The molecule has 0 radical (unpaired) electrons. The molecule has 70 heavy (non-hydrogen) atoms. The van der Waals surface area contributed by atoms with Gasteiger partial charge in [-0.15, -0.1) is 8.67 Å². The van der Waals surface area contributed by atoms with E-state index in [1.54, 1.807) is 12.1 Å². The highest BCUT2D eigenvalue weighted by Crippen LogP contribution is 2.53. The summed E-state index contributed by atoms with van der Waals surface area (Å²) in [6.45, 7) is 10.7. The fourth-order valence-corrected chi connectivity index (χ4v) is 13.4. The van der Waals surface area contributed by atoms with Crippen LogP contribution < -0.4 is 4.90 Å². The summed E-state index contributed by atoms with van der Waals surface area (Å²) >= 11 is 8.74. The number of unbranched alkanes of at least 4 members (excludes halogenated alkanes) is 2. The minimum atomic E-state index is -4.83. The molecule has 0 bridgehead atoms. The van der Waals surface area contributed by atoms with Crippen LogP contribution in [0.25, 0.3) is 21.5 Å². The third-order valence-corrected chi connectivity index (χ3v) is 17.1. The van der Waals surface area contributed by atoms with E-state index in [4.69, 9.17) is 26.4 Å². The molecule has 2 aliphatic heterocycles. The molecule has 0 saturated heterocycles. The van der Waals surface area contributed by atoms with E-state index < -0.39 is 51.8 Å². The quantitative estimate of drug-likeness (QED) is 0.0138. The van der Waals surface area contributed by atoms with Crippen LogP contribution in [0.3, 0.4) is 0 Å². The van der Waals surface area contributed by atoms with E-state index in [0.717, 1.165) is 73.5 Å². The maximum absolute atomic E-state index is 13.0. The third kappa shape index (κ3) is 11.7. The van der Waals surface area contributed by atoms with E-state index in [9.17, 15) is 38.9 Å². The minimum Gasteiger partial charge on any atom is -0.344 e. The van der Waals surface area contributed by atoms with Gasteiger partial charge in [-0.2, -0.15) is 29.8 Å². The fourth-order valence-electron chi connectivity index (χ4n) is 10.0. The van der Waals surface area contributed by atoms with Crippen LogP contribution in [0.15, 0.2) is 109 Å². The summed E-state index contributed by atoms with van der Waals surface area (Å²) in [5, 5.41) is 28.6. The van der Waals surface area contributed by atoms with Gasteiger partial charge in [-0.05, 0) is 129 Å². The molecule has 7 rings (SSSR count). The van der Waals surface area contributed by atoms with Gasteiger partial charge in [0.05, 0.1) is 41.0 Å². The van der Waals surface area contributed by atoms with Gasteiger partial charge in [-0.3, -0.25) is 13.7 Å². The summed E-state index contributed by atoms with van der Waals surface area (Å²) in [6, 6.07) is 14.4. The minimum absolute atomic E-state index is 0.146. The Morgan fingerprint density at radius 2 is 1.41 bits per heavy atom. The van der Waals surface area contributed by atoms with E-state index in [2.05, 4.69) is 39.2 Å². The van der Waals surface area contributed by atoms with Gasteiger partial charge in [0.2, 0.25) is 5.69 Å². The number of fused-ring (bicyclic) bond motifs is 6. The van der Waals surface area contributed by atoms with E-state index in [1.165, 1.54) is 6.07 Å². The summed E-state index contributed by atoms with van der Waals surface area (Å²) in [7, 11) is -13.2. The molecule has 2 heterocycles. The Labute approximate surface area is 420 Å². The van der Waals surface area contributed by atoms with Crippen molar-refractivity contribution in [3.63, 3.8) is 0 Å². The lowest BCUT2D eigenvalue weighted by atomic mass is 9.78. The molecule has 1 aliphatic carbocycles. The lowest BCUT2D eigenvalue weighted by Crippen LogP contribution is -2.28. The second kappa shape index (κ2) is 21.4. The first-order chi connectivity index (χ1) is 32.9. The summed E-state index contributed by atoms with van der Waals surface area (Å²) < 4.78 is 114. The first kappa shape index (κ1) is 54.1. The Hall–Kier alpha value is -3.69. The third-order valence-electron chi connectivity index (χ3n) is 12.9. The van der Waals surface area contributed by atoms with Crippen molar-refractivity contribution in [3.8, 4) is 0 Å². The fraction of sp³-hybridized carbons (Fsp3) is 0.383. The maximum atomic E-state index is 13.0. The van der Waals surface area contributed by atoms with Gasteiger partial charge in [0.15, 0.2) is 5.71 Å². The van der Waals surface area contributed by atoms with Crippen molar-refractivity contribution in [2.75, 3.05) is 29.5 Å². The average molecular weight is 1080 g/mol. The van der Waals surface area contributed by atoms with Crippen molar-refractivity contribution in [3.05, 3.63) is 111 Å². The molecule has 0 aromatic heterocycles. The zero-order valence-corrected chi connectivity index (χ0v) is 43.7. The Morgan fingerprint density at radius 1 is 0.757 bits per heavy atom. The molecule has 23 heteroatoms. The van der Waals surface area contributed by atoms with E-state index in [0.29, 0.717) is 72.5 Å².